The maximum atomic E-state index is 11.1. The Morgan fingerprint density at radius 3 is 2.74 bits per heavy atom. The van der Waals surface area contributed by atoms with Gasteiger partial charge < -0.3 is 10.2 Å². The Bertz CT molecular complexity index is 544. The van der Waals surface area contributed by atoms with Crippen LogP contribution in [0.1, 0.15) is 71.6 Å². The predicted octanol–water partition coefficient (Wildman–Crippen LogP) is 4.68. The smallest absolute Gasteiger partial charge is 0.0704 e. The molecule has 2 nitrogen and oxygen atoms in total. The Labute approximate surface area is 141 Å². The van der Waals surface area contributed by atoms with Gasteiger partial charge in [-0.1, -0.05) is 43.7 Å². The van der Waals surface area contributed by atoms with Gasteiger partial charge in [0, 0.05) is 5.41 Å². The minimum absolute atomic E-state index is 0.0351. The molecule has 2 N–H and O–H groups in total. The fourth-order valence-corrected chi connectivity index (χ4v) is 5.32. The molecule has 0 unspecified atom stereocenters. The van der Waals surface area contributed by atoms with Crippen LogP contribution >= 0.6 is 0 Å². The molecule has 3 aliphatic rings. The van der Waals surface area contributed by atoms with Crippen molar-refractivity contribution in [2.24, 2.45) is 11.3 Å². The van der Waals surface area contributed by atoms with Gasteiger partial charge in [0.25, 0.3) is 0 Å². The standard InChI is InChI=1S/C21H32O2/c1-4-21(23)13-11-19-16(6-5-12-20(19,21)3)8-9-17-14-18(22)10-7-15(17)2/h8-9,18-19,22-23H,2,4-7,10-14H2,1,3H3/t18-,19+,20+,21-/m1/s1. The molecule has 23 heavy (non-hydrogen) atoms. The predicted molar refractivity (Wildman–Crippen MR) is 95.1 cm³/mol. The lowest BCUT2D eigenvalue weighted by atomic mass is 9.61. The van der Waals surface area contributed by atoms with Gasteiger partial charge in [0.2, 0.25) is 0 Å². The summed E-state index contributed by atoms with van der Waals surface area (Å²) in [7, 11) is 0. The highest BCUT2D eigenvalue weighted by Crippen LogP contribution is 2.60. The molecule has 2 heteroatoms. The number of hydrogen-bond donors (Lipinski definition) is 2. The van der Waals surface area contributed by atoms with Crippen LogP contribution in [0, 0.1) is 11.3 Å². The highest BCUT2D eigenvalue weighted by atomic mass is 16.3. The molecule has 3 fully saturated rings. The molecule has 0 heterocycles. The molecule has 0 aromatic rings. The fourth-order valence-electron chi connectivity index (χ4n) is 5.32. The Morgan fingerprint density at radius 1 is 1.22 bits per heavy atom. The highest BCUT2D eigenvalue weighted by Gasteiger charge is 2.56. The molecule has 0 radical (unpaired) electrons. The summed E-state index contributed by atoms with van der Waals surface area (Å²) >= 11 is 0. The minimum atomic E-state index is -0.491. The van der Waals surface area contributed by atoms with Gasteiger partial charge in [0.15, 0.2) is 0 Å². The van der Waals surface area contributed by atoms with Crippen LogP contribution in [0.3, 0.4) is 0 Å². The van der Waals surface area contributed by atoms with Crippen molar-refractivity contribution in [3.8, 4) is 0 Å². The first-order chi connectivity index (χ1) is 10.9. The van der Waals surface area contributed by atoms with E-state index in [0.29, 0.717) is 5.92 Å². The van der Waals surface area contributed by atoms with E-state index in [2.05, 4.69) is 32.6 Å². The van der Waals surface area contributed by atoms with Crippen molar-refractivity contribution in [2.75, 3.05) is 0 Å². The van der Waals surface area contributed by atoms with Crippen LogP contribution in [0.2, 0.25) is 0 Å². The summed E-state index contributed by atoms with van der Waals surface area (Å²) < 4.78 is 0. The van der Waals surface area contributed by atoms with E-state index < -0.39 is 5.60 Å². The minimum Gasteiger partial charge on any atom is -0.393 e. The second-order valence-electron chi connectivity index (χ2n) is 8.18. The third-order valence-corrected chi connectivity index (χ3v) is 7.06. The van der Waals surface area contributed by atoms with Crippen LogP contribution in [-0.4, -0.2) is 21.9 Å². The molecule has 128 valence electrons. The second kappa shape index (κ2) is 6.22. The van der Waals surface area contributed by atoms with E-state index in [1.54, 1.807) is 0 Å². The van der Waals surface area contributed by atoms with E-state index in [0.717, 1.165) is 51.4 Å². The van der Waals surface area contributed by atoms with Gasteiger partial charge in [0.05, 0.1) is 11.7 Å². The first-order valence-electron chi connectivity index (χ1n) is 9.38. The van der Waals surface area contributed by atoms with E-state index in [4.69, 9.17) is 0 Å². The Kier molecular flexibility index (Phi) is 4.59. The third-order valence-electron chi connectivity index (χ3n) is 7.06. The Hall–Kier alpha value is -0.860. The average molecular weight is 316 g/mol. The zero-order chi connectivity index (χ0) is 16.7. The normalized spacial score (nSPS) is 44.8. The van der Waals surface area contributed by atoms with Gasteiger partial charge in [-0.05, 0) is 69.3 Å². The fraction of sp³-hybridized carbons (Fsp3) is 0.714. The average Bonchev–Trinajstić information content (AvgIpc) is 2.81. The van der Waals surface area contributed by atoms with Gasteiger partial charge >= 0.3 is 0 Å². The Balaban J connectivity index is 1.84. The van der Waals surface area contributed by atoms with Gasteiger partial charge in [-0.3, -0.25) is 0 Å². The SMILES string of the molecule is C=C1CC[C@@H](O)CC1=CC=C1CCC[C@@]2(C)[C@H]1CC[C@]2(O)CC. The third kappa shape index (κ3) is 2.85. The first-order valence-corrected chi connectivity index (χ1v) is 9.38. The summed E-state index contributed by atoms with van der Waals surface area (Å²) in [6.45, 7) is 8.59. The van der Waals surface area contributed by atoms with E-state index in [1.165, 1.54) is 23.1 Å². The molecule has 0 spiro atoms. The number of rotatable bonds is 2. The number of fused-ring (bicyclic) bond motifs is 1. The molecule has 0 bridgehead atoms. The highest BCUT2D eigenvalue weighted by molar-refractivity contribution is 5.36. The monoisotopic (exact) mass is 316 g/mol. The molecular weight excluding hydrogens is 284 g/mol. The van der Waals surface area contributed by atoms with Crippen molar-refractivity contribution < 1.29 is 10.2 Å². The van der Waals surface area contributed by atoms with E-state index in [1.807, 2.05) is 0 Å². The molecule has 3 rings (SSSR count). The van der Waals surface area contributed by atoms with E-state index in [-0.39, 0.29) is 11.5 Å². The van der Waals surface area contributed by atoms with E-state index >= 15 is 0 Å². The number of allylic oxidation sites excluding steroid dienone is 4. The van der Waals surface area contributed by atoms with Crippen molar-refractivity contribution in [1.29, 1.82) is 0 Å². The van der Waals surface area contributed by atoms with Crippen molar-refractivity contribution in [3.63, 3.8) is 0 Å². The zero-order valence-electron chi connectivity index (χ0n) is 14.8. The summed E-state index contributed by atoms with van der Waals surface area (Å²) in [6.07, 6.45) is 13.2. The van der Waals surface area contributed by atoms with Crippen molar-refractivity contribution >= 4 is 0 Å². The number of aliphatic hydroxyl groups is 2. The first kappa shape index (κ1) is 17.0. The number of hydrogen-bond acceptors (Lipinski definition) is 2. The zero-order valence-corrected chi connectivity index (χ0v) is 14.8. The van der Waals surface area contributed by atoms with E-state index in [9.17, 15) is 10.2 Å². The second-order valence-corrected chi connectivity index (χ2v) is 8.18. The topological polar surface area (TPSA) is 40.5 Å². The van der Waals surface area contributed by atoms with Crippen molar-refractivity contribution in [1.82, 2.24) is 0 Å². The molecule has 0 saturated heterocycles. The lowest BCUT2D eigenvalue weighted by molar-refractivity contribution is -0.0773. The molecule has 3 saturated carbocycles. The van der Waals surface area contributed by atoms with Gasteiger partial charge in [-0.15, -0.1) is 0 Å². The van der Waals surface area contributed by atoms with Gasteiger partial charge in [-0.2, -0.15) is 0 Å². The van der Waals surface area contributed by atoms with Crippen molar-refractivity contribution in [3.05, 3.63) is 35.5 Å². The lowest BCUT2D eigenvalue weighted by Crippen LogP contribution is -2.46. The molecule has 4 atom stereocenters. The molecule has 0 aliphatic heterocycles. The Morgan fingerprint density at radius 2 is 2.00 bits per heavy atom. The van der Waals surface area contributed by atoms with Crippen LogP contribution in [0.15, 0.2) is 35.5 Å². The molecule has 0 amide bonds. The summed E-state index contributed by atoms with van der Waals surface area (Å²) in [4.78, 5) is 0. The molecule has 3 aliphatic carbocycles. The van der Waals surface area contributed by atoms with Crippen LogP contribution in [-0.2, 0) is 0 Å². The summed E-state index contributed by atoms with van der Waals surface area (Å²) in [6, 6.07) is 0. The van der Waals surface area contributed by atoms with Gasteiger partial charge in [-0.25, -0.2) is 0 Å². The van der Waals surface area contributed by atoms with Crippen LogP contribution in [0.4, 0.5) is 0 Å². The molecule has 0 aromatic carbocycles. The summed E-state index contributed by atoms with van der Waals surface area (Å²) in [5.41, 5.74) is 3.44. The van der Waals surface area contributed by atoms with Gasteiger partial charge in [0.1, 0.15) is 0 Å². The summed E-state index contributed by atoms with van der Waals surface area (Å²) in [5.74, 6) is 0.514. The molecule has 0 aromatic heterocycles. The molecular formula is C21H32O2. The quantitative estimate of drug-likeness (QED) is 0.776. The largest absolute Gasteiger partial charge is 0.393 e. The summed E-state index contributed by atoms with van der Waals surface area (Å²) in [5, 5.41) is 21.0. The lowest BCUT2D eigenvalue weighted by Gasteiger charge is -2.46. The van der Waals surface area contributed by atoms with Crippen LogP contribution in [0.25, 0.3) is 0 Å². The maximum Gasteiger partial charge on any atom is 0.0704 e. The van der Waals surface area contributed by atoms with Crippen LogP contribution in [0.5, 0.6) is 0 Å². The number of aliphatic hydroxyl groups excluding tert-OH is 1. The maximum absolute atomic E-state index is 11.1. The van der Waals surface area contributed by atoms with Crippen LogP contribution < -0.4 is 0 Å². The van der Waals surface area contributed by atoms with Crippen molar-refractivity contribution in [2.45, 2.75) is 83.3 Å².